The highest BCUT2D eigenvalue weighted by atomic mass is 32.2. The Balaban J connectivity index is 2.08. The maximum absolute atomic E-state index is 13.5. The lowest BCUT2D eigenvalue weighted by molar-refractivity contribution is 0.0303. The Morgan fingerprint density at radius 3 is 2.43 bits per heavy atom. The Bertz CT molecular complexity index is 593. The van der Waals surface area contributed by atoms with Gasteiger partial charge in [-0.25, -0.2) is 17.5 Å². The van der Waals surface area contributed by atoms with Crippen molar-refractivity contribution in [2.24, 2.45) is 0 Å². The molecule has 0 radical (unpaired) electrons. The molecule has 1 aliphatic rings. The first-order chi connectivity index (χ1) is 9.82. The van der Waals surface area contributed by atoms with Gasteiger partial charge in [-0.3, -0.25) is 0 Å². The average Bonchev–Trinajstić information content (AvgIpc) is 2.65. The molecule has 0 amide bonds. The molecule has 2 rings (SSSR count). The monoisotopic (exact) mass is 315 g/mol. The standard InChI is InChI=1S/C15H22FNO3S/c1-12-6-7-13(10-14(12)16)21(19,20)17-11-15(18)8-4-2-3-5-9-15/h6-7,10,17-18H,2-5,8-9,11H2,1H3. The minimum Gasteiger partial charge on any atom is -0.389 e. The SMILES string of the molecule is Cc1ccc(S(=O)(=O)NCC2(O)CCCCCC2)cc1F. The molecule has 0 aromatic heterocycles. The van der Waals surface area contributed by atoms with Gasteiger partial charge in [0.2, 0.25) is 10.0 Å². The fraction of sp³-hybridized carbons (Fsp3) is 0.600. The minimum absolute atomic E-state index is 0.0230. The molecule has 6 heteroatoms. The summed E-state index contributed by atoms with van der Waals surface area (Å²) in [7, 11) is -3.80. The Labute approximate surface area is 125 Å². The summed E-state index contributed by atoms with van der Waals surface area (Å²) >= 11 is 0. The topological polar surface area (TPSA) is 66.4 Å². The quantitative estimate of drug-likeness (QED) is 0.839. The van der Waals surface area contributed by atoms with Gasteiger partial charge >= 0.3 is 0 Å². The number of sulfonamides is 1. The highest BCUT2D eigenvalue weighted by Gasteiger charge is 2.30. The van der Waals surface area contributed by atoms with Crippen molar-refractivity contribution in [2.45, 2.75) is 55.9 Å². The first-order valence-corrected chi connectivity index (χ1v) is 8.79. The Morgan fingerprint density at radius 1 is 1.24 bits per heavy atom. The van der Waals surface area contributed by atoms with E-state index in [0.29, 0.717) is 18.4 Å². The van der Waals surface area contributed by atoms with E-state index in [-0.39, 0.29) is 11.4 Å². The van der Waals surface area contributed by atoms with Crippen molar-refractivity contribution in [3.8, 4) is 0 Å². The molecular weight excluding hydrogens is 293 g/mol. The summed E-state index contributed by atoms with van der Waals surface area (Å²) in [6.07, 6.45) is 5.13. The number of hydrogen-bond acceptors (Lipinski definition) is 3. The number of hydrogen-bond donors (Lipinski definition) is 2. The zero-order valence-corrected chi connectivity index (χ0v) is 13.0. The Kier molecular flexibility index (Phi) is 5.01. The molecule has 0 heterocycles. The molecule has 0 aliphatic heterocycles. The van der Waals surface area contributed by atoms with Crippen LogP contribution in [0.3, 0.4) is 0 Å². The number of nitrogens with one attached hydrogen (secondary N) is 1. The van der Waals surface area contributed by atoms with Crippen molar-refractivity contribution in [2.75, 3.05) is 6.54 Å². The molecule has 0 saturated heterocycles. The van der Waals surface area contributed by atoms with Gasteiger partial charge in [0.25, 0.3) is 0 Å². The first kappa shape index (κ1) is 16.4. The van der Waals surface area contributed by atoms with E-state index in [1.165, 1.54) is 12.1 Å². The second kappa shape index (κ2) is 6.42. The largest absolute Gasteiger partial charge is 0.389 e. The van der Waals surface area contributed by atoms with Gasteiger partial charge in [0.05, 0.1) is 10.5 Å². The maximum Gasteiger partial charge on any atom is 0.240 e. The van der Waals surface area contributed by atoms with Crippen molar-refractivity contribution >= 4 is 10.0 Å². The van der Waals surface area contributed by atoms with Crippen molar-refractivity contribution in [3.05, 3.63) is 29.6 Å². The number of aryl methyl sites for hydroxylation is 1. The lowest BCUT2D eigenvalue weighted by atomic mass is 9.95. The van der Waals surface area contributed by atoms with Crippen molar-refractivity contribution in [1.82, 2.24) is 4.72 Å². The summed E-state index contributed by atoms with van der Waals surface area (Å²) in [5.41, 5.74) is -0.594. The fourth-order valence-corrected chi connectivity index (χ4v) is 3.75. The molecule has 1 aliphatic carbocycles. The molecule has 2 N–H and O–H groups in total. The third-order valence-corrected chi connectivity index (χ3v) is 5.48. The molecule has 1 fully saturated rings. The van der Waals surface area contributed by atoms with Crippen LogP contribution in [0.5, 0.6) is 0 Å². The zero-order valence-electron chi connectivity index (χ0n) is 12.2. The smallest absolute Gasteiger partial charge is 0.240 e. The highest BCUT2D eigenvalue weighted by molar-refractivity contribution is 7.89. The summed E-state index contributed by atoms with van der Waals surface area (Å²) in [6, 6.07) is 3.82. The number of aliphatic hydroxyl groups is 1. The summed E-state index contributed by atoms with van der Waals surface area (Å²) in [4.78, 5) is -0.108. The molecular formula is C15H22FNO3S. The van der Waals surface area contributed by atoms with E-state index in [0.717, 1.165) is 31.7 Å². The van der Waals surface area contributed by atoms with E-state index in [9.17, 15) is 17.9 Å². The van der Waals surface area contributed by atoms with Crippen LogP contribution in [0.2, 0.25) is 0 Å². The fourth-order valence-electron chi connectivity index (χ4n) is 2.62. The Morgan fingerprint density at radius 2 is 1.86 bits per heavy atom. The summed E-state index contributed by atoms with van der Waals surface area (Å²) in [5, 5.41) is 10.5. The molecule has 1 aromatic carbocycles. The van der Waals surface area contributed by atoms with Crippen LogP contribution < -0.4 is 4.72 Å². The van der Waals surface area contributed by atoms with Crippen LogP contribution in [0.15, 0.2) is 23.1 Å². The van der Waals surface area contributed by atoms with Gasteiger partial charge in [-0.05, 0) is 37.5 Å². The van der Waals surface area contributed by atoms with Crippen LogP contribution in [-0.4, -0.2) is 25.7 Å². The van der Waals surface area contributed by atoms with Gasteiger partial charge < -0.3 is 5.11 Å². The minimum atomic E-state index is -3.80. The van der Waals surface area contributed by atoms with Crippen LogP contribution in [0.1, 0.15) is 44.1 Å². The number of rotatable bonds is 4. The van der Waals surface area contributed by atoms with Crippen molar-refractivity contribution in [1.29, 1.82) is 0 Å². The predicted octanol–water partition coefficient (Wildman–Crippen LogP) is 2.50. The van der Waals surface area contributed by atoms with E-state index in [1.54, 1.807) is 6.92 Å². The van der Waals surface area contributed by atoms with Crippen molar-refractivity contribution < 1.29 is 17.9 Å². The summed E-state index contributed by atoms with van der Waals surface area (Å²) in [5.74, 6) is -0.550. The molecule has 1 aromatic rings. The van der Waals surface area contributed by atoms with Crippen LogP contribution in [0, 0.1) is 12.7 Å². The third-order valence-electron chi connectivity index (χ3n) is 4.08. The third kappa shape index (κ3) is 4.25. The van der Waals surface area contributed by atoms with Crippen LogP contribution in [0.25, 0.3) is 0 Å². The highest BCUT2D eigenvalue weighted by Crippen LogP contribution is 2.27. The van der Waals surface area contributed by atoms with Gasteiger partial charge in [0.1, 0.15) is 5.82 Å². The first-order valence-electron chi connectivity index (χ1n) is 7.31. The predicted molar refractivity (Wildman–Crippen MR) is 79.0 cm³/mol. The van der Waals surface area contributed by atoms with E-state index in [1.807, 2.05) is 0 Å². The summed E-state index contributed by atoms with van der Waals surface area (Å²) in [6.45, 7) is 1.55. The number of benzene rings is 1. The second-order valence-electron chi connectivity index (χ2n) is 5.87. The lowest BCUT2D eigenvalue weighted by Gasteiger charge is -2.26. The molecule has 0 spiro atoms. The maximum atomic E-state index is 13.5. The van der Waals surface area contributed by atoms with E-state index in [2.05, 4.69) is 4.72 Å². The zero-order chi connectivity index (χ0) is 15.5. The lowest BCUT2D eigenvalue weighted by Crippen LogP contribution is -2.42. The molecule has 0 bridgehead atoms. The molecule has 4 nitrogen and oxygen atoms in total. The number of halogens is 1. The van der Waals surface area contributed by atoms with Crippen LogP contribution >= 0.6 is 0 Å². The molecule has 0 atom stereocenters. The van der Waals surface area contributed by atoms with Gasteiger partial charge in [0, 0.05) is 6.54 Å². The van der Waals surface area contributed by atoms with Gasteiger partial charge in [-0.15, -0.1) is 0 Å². The second-order valence-corrected chi connectivity index (χ2v) is 7.64. The van der Waals surface area contributed by atoms with E-state index >= 15 is 0 Å². The normalized spacial score (nSPS) is 19.2. The van der Waals surface area contributed by atoms with Gasteiger partial charge in [-0.1, -0.05) is 31.7 Å². The van der Waals surface area contributed by atoms with Crippen molar-refractivity contribution in [3.63, 3.8) is 0 Å². The van der Waals surface area contributed by atoms with Crippen LogP contribution in [-0.2, 0) is 10.0 Å². The van der Waals surface area contributed by atoms with Crippen LogP contribution in [0.4, 0.5) is 4.39 Å². The summed E-state index contributed by atoms with van der Waals surface area (Å²) < 4.78 is 40.3. The molecule has 0 unspecified atom stereocenters. The van der Waals surface area contributed by atoms with E-state index < -0.39 is 21.4 Å². The molecule has 21 heavy (non-hydrogen) atoms. The Hall–Kier alpha value is -0.980. The van der Waals surface area contributed by atoms with Gasteiger partial charge in [0.15, 0.2) is 0 Å². The van der Waals surface area contributed by atoms with E-state index in [4.69, 9.17) is 0 Å². The average molecular weight is 315 g/mol. The molecule has 118 valence electrons. The molecule has 1 saturated carbocycles. The van der Waals surface area contributed by atoms with Gasteiger partial charge in [-0.2, -0.15) is 0 Å².